The van der Waals surface area contributed by atoms with E-state index in [4.69, 9.17) is 37.3 Å². The Bertz CT molecular complexity index is 1240. The summed E-state index contributed by atoms with van der Waals surface area (Å²) < 4.78 is 77.5. The van der Waals surface area contributed by atoms with E-state index in [1.807, 2.05) is 4.98 Å². The number of ether oxygens (including phenoxy) is 7. The van der Waals surface area contributed by atoms with Crippen molar-refractivity contribution in [2.45, 2.75) is 42.7 Å². The molecule has 4 heterocycles. The van der Waals surface area contributed by atoms with Crippen molar-refractivity contribution in [2.24, 2.45) is 0 Å². The monoisotopic (exact) mass is 630 g/mol. The minimum absolute atomic E-state index is 0.144. The third-order valence-corrected chi connectivity index (χ3v) is 7.50. The van der Waals surface area contributed by atoms with E-state index >= 15 is 0 Å². The highest BCUT2D eigenvalue weighted by molar-refractivity contribution is 7.48. The number of H-pyrrole nitrogens is 1. The molecule has 3 aliphatic heterocycles. The second-order valence-corrected chi connectivity index (χ2v) is 11.0. The van der Waals surface area contributed by atoms with Crippen LogP contribution in [0.1, 0.15) is 13.2 Å². The molecule has 0 aliphatic carbocycles. The number of nitrogens with one attached hydrogen (secondary N) is 1. The Morgan fingerprint density at radius 3 is 2.07 bits per heavy atom. The molecule has 3 aliphatic rings. The number of aliphatic hydroxyl groups excluding tert-OH is 1. The Morgan fingerprint density at radius 2 is 1.62 bits per heavy atom. The largest absolute Gasteiger partial charge is 0.510 e. The van der Waals surface area contributed by atoms with Crippen molar-refractivity contribution in [1.29, 1.82) is 0 Å². The number of rotatable bonds is 13. The van der Waals surface area contributed by atoms with Gasteiger partial charge < -0.3 is 43.4 Å². The van der Waals surface area contributed by atoms with Crippen molar-refractivity contribution >= 4 is 20.1 Å². The van der Waals surface area contributed by atoms with Crippen LogP contribution in [0.3, 0.4) is 0 Å². The molecule has 4 unspecified atom stereocenters. The number of hydrogen-bond acceptors (Lipinski definition) is 17. The molecule has 0 radical (unpaired) electrons. The molecular weight excluding hydrogens is 602 g/mol. The SMILES string of the molecule is CC1(O)C(n2ccc(=O)[nH]c2=O)OC(CF)(COP(=O)(OCOC(=O)OC2COC2)OCOC(=O)OC2COC2)C1O. The number of hydrogen-bond donors (Lipinski definition) is 3. The van der Waals surface area contributed by atoms with E-state index < -0.39 is 94.0 Å². The van der Waals surface area contributed by atoms with Gasteiger partial charge >= 0.3 is 25.8 Å². The molecule has 3 fully saturated rings. The summed E-state index contributed by atoms with van der Waals surface area (Å²) in [6, 6.07) is 0.918. The van der Waals surface area contributed by atoms with Gasteiger partial charge in [-0.2, -0.15) is 0 Å². The van der Waals surface area contributed by atoms with Crippen molar-refractivity contribution in [3.05, 3.63) is 33.1 Å². The average molecular weight is 630 g/mol. The van der Waals surface area contributed by atoms with E-state index in [0.717, 1.165) is 19.2 Å². The number of aromatic nitrogens is 2. The van der Waals surface area contributed by atoms with Gasteiger partial charge in [0, 0.05) is 12.3 Å². The number of carbonyl (C=O) groups is 2. The summed E-state index contributed by atoms with van der Waals surface area (Å²) >= 11 is 0. The number of phosphoric ester groups is 1. The molecule has 19 nitrogen and oxygen atoms in total. The lowest BCUT2D eigenvalue weighted by atomic mass is 9.88. The van der Waals surface area contributed by atoms with Gasteiger partial charge in [-0.3, -0.25) is 18.9 Å². The Kier molecular flexibility index (Phi) is 10.0. The molecule has 0 spiro atoms. The Hall–Kier alpha value is -2.94. The third-order valence-electron chi connectivity index (χ3n) is 6.21. The number of halogens is 1. The molecule has 4 atom stereocenters. The van der Waals surface area contributed by atoms with Crippen molar-refractivity contribution in [2.75, 3.05) is 53.3 Å². The second-order valence-electron chi connectivity index (χ2n) is 9.37. The maximum Gasteiger partial charge on any atom is 0.510 e. The molecule has 1 aromatic rings. The predicted octanol–water partition coefficient (Wildman–Crippen LogP) is -0.937. The molecule has 236 valence electrons. The van der Waals surface area contributed by atoms with Crippen molar-refractivity contribution in [3.8, 4) is 0 Å². The number of aromatic amines is 1. The fourth-order valence-corrected chi connectivity index (χ4v) is 4.73. The number of alkyl halides is 1. The topological polar surface area (TPSA) is 239 Å². The van der Waals surface area contributed by atoms with Crippen LogP contribution < -0.4 is 11.2 Å². The fourth-order valence-electron chi connectivity index (χ4n) is 3.76. The maximum absolute atomic E-state index is 14.4. The second kappa shape index (κ2) is 13.1. The minimum Gasteiger partial charge on any atom is -0.426 e. The molecule has 0 amide bonds. The first-order valence-corrected chi connectivity index (χ1v) is 13.7. The van der Waals surface area contributed by atoms with Gasteiger partial charge in [0.15, 0.2) is 24.0 Å². The average Bonchev–Trinajstić information content (AvgIpc) is 3.08. The Balaban J connectivity index is 1.43. The minimum atomic E-state index is -4.94. The summed E-state index contributed by atoms with van der Waals surface area (Å²) in [5.74, 6) is 0. The number of nitrogens with zero attached hydrogens (tertiary/aromatic N) is 1. The van der Waals surface area contributed by atoms with Crippen molar-refractivity contribution < 1.29 is 75.5 Å². The molecular formula is C21H28FN2O17P. The maximum atomic E-state index is 14.4. The summed E-state index contributed by atoms with van der Waals surface area (Å²) in [5, 5.41) is 21.7. The highest BCUT2D eigenvalue weighted by Gasteiger charge is 2.63. The molecule has 0 bridgehead atoms. The van der Waals surface area contributed by atoms with Crippen LogP contribution in [0, 0.1) is 0 Å². The van der Waals surface area contributed by atoms with E-state index in [1.165, 1.54) is 0 Å². The van der Waals surface area contributed by atoms with Gasteiger partial charge in [0.05, 0.1) is 33.0 Å². The first-order chi connectivity index (χ1) is 19.9. The van der Waals surface area contributed by atoms with Crippen LogP contribution in [0.5, 0.6) is 0 Å². The van der Waals surface area contributed by atoms with Crippen LogP contribution >= 0.6 is 7.82 Å². The Labute approximate surface area is 234 Å². The quantitative estimate of drug-likeness (QED) is 0.135. The van der Waals surface area contributed by atoms with Crippen molar-refractivity contribution in [1.82, 2.24) is 9.55 Å². The van der Waals surface area contributed by atoms with Gasteiger partial charge in [0.25, 0.3) is 5.56 Å². The molecule has 1 aromatic heterocycles. The summed E-state index contributed by atoms with van der Waals surface area (Å²) in [6.07, 6.45) is -6.51. The van der Waals surface area contributed by atoms with Crippen LogP contribution in [0.2, 0.25) is 0 Å². The summed E-state index contributed by atoms with van der Waals surface area (Å²) in [7, 11) is -4.94. The van der Waals surface area contributed by atoms with Gasteiger partial charge in [-0.05, 0) is 6.92 Å². The first-order valence-electron chi connectivity index (χ1n) is 12.2. The third kappa shape index (κ3) is 7.33. The molecule has 0 aromatic carbocycles. The molecule has 3 saturated heterocycles. The Morgan fingerprint density at radius 1 is 1.07 bits per heavy atom. The number of aliphatic hydroxyl groups is 2. The van der Waals surface area contributed by atoms with E-state index in [-0.39, 0.29) is 26.4 Å². The van der Waals surface area contributed by atoms with Crippen molar-refractivity contribution in [3.63, 3.8) is 0 Å². The van der Waals surface area contributed by atoms with E-state index in [9.17, 15) is 38.3 Å². The van der Waals surface area contributed by atoms with Gasteiger partial charge in [-0.1, -0.05) is 0 Å². The van der Waals surface area contributed by atoms with Gasteiger partial charge in [0.2, 0.25) is 13.6 Å². The zero-order valence-corrected chi connectivity index (χ0v) is 22.8. The van der Waals surface area contributed by atoms with Gasteiger partial charge in [0.1, 0.15) is 18.4 Å². The lowest BCUT2D eigenvalue weighted by molar-refractivity contribution is -0.144. The predicted molar refractivity (Wildman–Crippen MR) is 127 cm³/mol. The summed E-state index contributed by atoms with van der Waals surface area (Å²) in [6.45, 7) is -3.31. The van der Waals surface area contributed by atoms with E-state index in [0.29, 0.717) is 4.57 Å². The summed E-state index contributed by atoms with van der Waals surface area (Å²) in [5.41, 5.74) is -6.67. The number of phosphoric acid groups is 1. The van der Waals surface area contributed by atoms with Crippen LogP contribution in [0.4, 0.5) is 14.0 Å². The molecule has 42 heavy (non-hydrogen) atoms. The fraction of sp³-hybridized carbons (Fsp3) is 0.714. The lowest BCUT2D eigenvalue weighted by Crippen LogP contribution is -2.53. The molecule has 21 heteroatoms. The van der Waals surface area contributed by atoms with Gasteiger partial charge in [-0.15, -0.1) is 0 Å². The number of carbonyl (C=O) groups excluding carboxylic acids is 2. The highest BCUT2D eigenvalue weighted by atomic mass is 31.2. The standard InChI is InChI=1S/C21H28FN2O17P/c1-20(30)15(26)21(8-22,41-16(20)24-3-2-14(25)23-17(24)27)9-36-42(31,37-10-34-18(28)39-12-4-32-5-12)38-11-35-19(29)40-13-6-33-7-13/h2-3,12-13,15-16,26,30H,4-11H2,1H3,(H,23,25,27). The van der Waals surface area contributed by atoms with Gasteiger partial charge in [-0.25, -0.2) is 32.4 Å². The molecule has 4 rings (SSSR count). The van der Waals surface area contributed by atoms with Crippen LogP contribution in [0.15, 0.2) is 21.9 Å². The van der Waals surface area contributed by atoms with E-state index in [2.05, 4.69) is 9.47 Å². The van der Waals surface area contributed by atoms with E-state index in [1.54, 1.807) is 0 Å². The van der Waals surface area contributed by atoms with Crippen LogP contribution in [-0.2, 0) is 51.3 Å². The van der Waals surface area contributed by atoms with Crippen LogP contribution in [0.25, 0.3) is 0 Å². The zero-order chi connectivity index (χ0) is 30.5. The first kappa shape index (κ1) is 32.0. The highest BCUT2D eigenvalue weighted by Crippen LogP contribution is 2.52. The smallest absolute Gasteiger partial charge is 0.426 e. The normalized spacial score (nSPS) is 28.0. The summed E-state index contributed by atoms with van der Waals surface area (Å²) in [4.78, 5) is 49.1. The van der Waals surface area contributed by atoms with Crippen LogP contribution in [-0.4, -0.2) is 115 Å². The molecule has 3 N–H and O–H groups in total. The zero-order valence-electron chi connectivity index (χ0n) is 21.9. The molecule has 0 saturated carbocycles. The lowest BCUT2D eigenvalue weighted by Gasteiger charge is -2.31.